The van der Waals surface area contributed by atoms with Gasteiger partial charge in [0.25, 0.3) is 0 Å². The molecule has 43 heavy (non-hydrogen) atoms. The highest BCUT2D eigenvalue weighted by Gasteiger charge is 2.42. The van der Waals surface area contributed by atoms with Crippen LogP contribution in [0.15, 0.2) is 0 Å². The Bertz CT molecular complexity index is 654. The van der Waals surface area contributed by atoms with Crippen LogP contribution in [0.25, 0.3) is 0 Å². The average Bonchev–Trinajstić information content (AvgIpc) is 3.42. The normalized spacial score (nSPS) is 25.8. The molecule has 262 valence electrons. The first-order valence-corrected chi connectivity index (χ1v) is 15.3. The van der Waals surface area contributed by atoms with Crippen LogP contribution < -0.4 is 5.32 Å². The molecule has 2 aliphatic rings. The lowest BCUT2D eigenvalue weighted by Crippen LogP contribution is -2.55. The number of methoxy groups -OCH3 is 1. The standard InChI is InChI=1S/C25H46N2O9.2C2H6.3CH4/c1-17-23(32)24(33)20(16-29)36-25(17)35-12-8-4-5-9-21(30)26-11-7-3-6-10-22(31)27-14-19(34-2)13-18(27)15-28;2*1-2;;;/h17-20,23-25,28-29,32-33H,3-16H2,1-2H3,(H,26,30);2*1-2H3;3*1H4/t17?,18-,19+,20?,23+,24-,25+;;;;;/m0...../s1. The van der Waals surface area contributed by atoms with E-state index in [1.165, 1.54) is 0 Å². The van der Waals surface area contributed by atoms with Gasteiger partial charge >= 0.3 is 0 Å². The SMILES string of the molecule is C.C.C.CC.CC.CO[C@@H]1C[C@@H](CO)N(C(=O)CCCCCNC(=O)CCCCCO[C@@H]2OC(CO)[C@H](O)[C@H](O)C2C)C1. The summed E-state index contributed by atoms with van der Waals surface area (Å²) in [5.41, 5.74) is 0. The van der Waals surface area contributed by atoms with Gasteiger partial charge < -0.3 is 44.9 Å². The number of hydrogen-bond donors (Lipinski definition) is 5. The van der Waals surface area contributed by atoms with Crippen molar-refractivity contribution in [1.82, 2.24) is 10.2 Å². The van der Waals surface area contributed by atoms with Crippen molar-refractivity contribution in [3.63, 3.8) is 0 Å². The molecular formula is C32H70N2O9. The summed E-state index contributed by atoms with van der Waals surface area (Å²) < 4.78 is 16.5. The zero-order valence-corrected chi connectivity index (χ0v) is 25.7. The summed E-state index contributed by atoms with van der Waals surface area (Å²) in [5.74, 6) is -0.354. The Balaban J connectivity index is -0.00000104. The van der Waals surface area contributed by atoms with E-state index in [1.807, 2.05) is 27.7 Å². The molecule has 2 heterocycles. The molecule has 0 saturated carbocycles. The number of nitrogens with one attached hydrogen (secondary N) is 1. The van der Waals surface area contributed by atoms with E-state index >= 15 is 0 Å². The minimum absolute atomic E-state index is 0. The Morgan fingerprint density at radius 3 is 2.07 bits per heavy atom. The third-order valence-electron chi connectivity index (χ3n) is 7.15. The number of aliphatic hydroxyl groups excluding tert-OH is 4. The topological polar surface area (TPSA) is 158 Å². The molecule has 2 amide bonds. The van der Waals surface area contributed by atoms with Crippen molar-refractivity contribution < 1.29 is 44.2 Å². The number of hydrogen-bond acceptors (Lipinski definition) is 9. The first-order valence-electron chi connectivity index (χ1n) is 15.3. The van der Waals surface area contributed by atoms with Crippen molar-refractivity contribution in [3.05, 3.63) is 0 Å². The maximum absolute atomic E-state index is 12.4. The van der Waals surface area contributed by atoms with Crippen LogP contribution in [0, 0.1) is 5.92 Å². The summed E-state index contributed by atoms with van der Waals surface area (Å²) in [7, 11) is 1.62. The number of unbranched alkanes of at least 4 members (excludes halogenated alkanes) is 4. The second kappa shape index (κ2) is 29.4. The molecule has 0 spiro atoms. The largest absolute Gasteiger partial charge is 0.394 e. The molecule has 2 unspecified atom stereocenters. The molecule has 0 radical (unpaired) electrons. The van der Waals surface area contributed by atoms with E-state index in [9.17, 15) is 30.0 Å². The fourth-order valence-electron chi connectivity index (χ4n) is 4.74. The van der Waals surface area contributed by atoms with E-state index in [0.29, 0.717) is 39.0 Å². The lowest BCUT2D eigenvalue weighted by Gasteiger charge is -2.40. The van der Waals surface area contributed by atoms with Crippen molar-refractivity contribution in [1.29, 1.82) is 0 Å². The molecule has 5 N–H and O–H groups in total. The van der Waals surface area contributed by atoms with E-state index in [2.05, 4.69) is 5.32 Å². The number of carbonyl (C=O) groups is 2. The molecule has 2 saturated heterocycles. The van der Waals surface area contributed by atoms with Crippen molar-refractivity contribution in [2.24, 2.45) is 5.92 Å². The van der Waals surface area contributed by atoms with Crippen LogP contribution in [0.3, 0.4) is 0 Å². The van der Waals surface area contributed by atoms with E-state index < -0.39 is 37.1 Å². The maximum atomic E-state index is 12.4. The first kappa shape index (κ1) is 48.6. The van der Waals surface area contributed by atoms with Crippen LogP contribution in [-0.2, 0) is 23.8 Å². The molecule has 0 bridgehead atoms. The molecule has 2 fully saturated rings. The molecule has 11 nitrogen and oxygen atoms in total. The number of ether oxygens (including phenoxy) is 3. The van der Waals surface area contributed by atoms with Crippen LogP contribution in [0.2, 0.25) is 0 Å². The van der Waals surface area contributed by atoms with Crippen molar-refractivity contribution in [2.75, 3.05) is 40.0 Å². The lowest BCUT2D eigenvalue weighted by molar-refractivity contribution is -0.282. The van der Waals surface area contributed by atoms with Gasteiger partial charge in [0.15, 0.2) is 6.29 Å². The quantitative estimate of drug-likeness (QED) is 0.160. The number of rotatable bonds is 16. The summed E-state index contributed by atoms with van der Waals surface area (Å²) in [6.07, 6.45) is 2.51. The minimum atomic E-state index is -1.13. The smallest absolute Gasteiger partial charge is 0.222 e. The highest BCUT2D eigenvalue weighted by atomic mass is 16.7. The summed E-state index contributed by atoms with van der Waals surface area (Å²) >= 11 is 0. The van der Waals surface area contributed by atoms with Gasteiger partial charge in [0, 0.05) is 45.6 Å². The Labute approximate surface area is 263 Å². The van der Waals surface area contributed by atoms with Crippen LogP contribution >= 0.6 is 0 Å². The van der Waals surface area contributed by atoms with E-state index in [-0.39, 0.29) is 52.8 Å². The molecule has 7 atom stereocenters. The first-order chi connectivity index (χ1) is 19.3. The third-order valence-corrected chi connectivity index (χ3v) is 7.15. The third kappa shape index (κ3) is 17.7. The predicted molar refractivity (Wildman–Crippen MR) is 174 cm³/mol. The molecule has 2 rings (SSSR count). The average molecular weight is 627 g/mol. The van der Waals surface area contributed by atoms with E-state index in [1.54, 1.807) is 18.9 Å². The predicted octanol–water partition coefficient (Wildman–Crippen LogP) is 3.88. The monoisotopic (exact) mass is 627 g/mol. The van der Waals surface area contributed by atoms with Gasteiger partial charge in [-0.15, -0.1) is 0 Å². The van der Waals surface area contributed by atoms with E-state index in [4.69, 9.17) is 14.2 Å². The van der Waals surface area contributed by atoms with Gasteiger partial charge in [-0.3, -0.25) is 9.59 Å². The molecule has 11 heteroatoms. The highest BCUT2D eigenvalue weighted by Crippen LogP contribution is 2.27. The van der Waals surface area contributed by atoms with Crippen LogP contribution in [0.5, 0.6) is 0 Å². The maximum Gasteiger partial charge on any atom is 0.222 e. The summed E-state index contributed by atoms with van der Waals surface area (Å²) in [5, 5.41) is 41.6. The number of aliphatic hydroxyl groups is 4. The Morgan fingerprint density at radius 2 is 1.49 bits per heavy atom. The Morgan fingerprint density at radius 1 is 0.884 bits per heavy atom. The Kier molecular flexibility index (Phi) is 33.2. The van der Waals surface area contributed by atoms with Gasteiger partial charge in [0.05, 0.1) is 31.5 Å². The molecule has 0 aromatic heterocycles. The van der Waals surface area contributed by atoms with Crippen LogP contribution in [-0.4, -0.2) is 114 Å². The van der Waals surface area contributed by atoms with Crippen LogP contribution in [0.1, 0.15) is 115 Å². The Hall–Kier alpha value is -1.34. The molecular weight excluding hydrogens is 556 g/mol. The van der Waals surface area contributed by atoms with Gasteiger partial charge in [-0.2, -0.15) is 0 Å². The van der Waals surface area contributed by atoms with Gasteiger partial charge in [-0.05, 0) is 32.1 Å². The van der Waals surface area contributed by atoms with Gasteiger partial charge in [0.2, 0.25) is 11.8 Å². The lowest BCUT2D eigenvalue weighted by atomic mass is 9.92. The van der Waals surface area contributed by atoms with Crippen LogP contribution in [0.4, 0.5) is 0 Å². The molecule has 0 aromatic rings. The van der Waals surface area contributed by atoms with Gasteiger partial charge in [-0.25, -0.2) is 0 Å². The zero-order chi connectivity index (χ0) is 30.5. The van der Waals surface area contributed by atoms with E-state index in [0.717, 1.165) is 38.5 Å². The zero-order valence-electron chi connectivity index (χ0n) is 25.7. The number of amides is 2. The molecule has 0 aromatic carbocycles. The summed E-state index contributed by atoms with van der Waals surface area (Å²) in [6, 6.07) is -0.155. The molecule has 0 aliphatic carbocycles. The number of carbonyl (C=O) groups excluding carboxylic acids is 2. The molecule has 2 aliphatic heterocycles. The van der Waals surface area contributed by atoms with Crippen molar-refractivity contribution in [2.45, 2.75) is 151 Å². The highest BCUT2D eigenvalue weighted by molar-refractivity contribution is 5.77. The number of nitrogens with zero attached hydrogens (tertiary/aromatic N) is 1. The summed E-state index contributed by atoms with van der Waals surface area (Å²) in [6.45, 7) is 10.8. The van der Waals surface area contributed by atoms with Gasteiger partial charge in [0.1, 0.15) is 12.2 Å². The summed E-state index contributed by atoms with van der Waals surface area (Å²) in [4.78, 5) is 26.2. The minimum Gasteiger partial charge on any atom is -0.394 e. The van der Waals surface area contributed by atoms with Crippen molar-refractivity contribution >= 4 is 11.8 Å². The second-order valence-corrected chi connectivity index (χ2v) is 9.88. The second-order valence-electron chi connectivity index (χ2n) is 9.88. The van der Waals surface area contributed by atoms with Gasteiger partial charge in [-0.1, -0.05) is 69.7 Å². The fraction of sp³-hybridized carbons (Fsp3) is 0.938. The number of likely N-dealkylation sites (tertiary alicyclic amines) is 1. The fourth-order valence-corrected chi connectivity index (χ4v) is 4.74. The van der Waals surface area contributed by atoms with Crippen molar-refractivity contribution in [3.8, 4) is 0 Å².